The molecule has 0 bridgehead atoms. The van der Waals surface area contributed by atoms with Gasteiger partial charge in [-0.25, -0.2) is 4.79 Å². The lowest BCUT2D eigenvalue weighted by molar-refractivity contribution is -0.132. The van der Waals surface area contributed by atoms with Gasteiger partial charge >= 0.3 is 5.69 Å². The number of imidazole rings is 1. The van der Waals surface area contributed by atoms with Crippen molar-refractivity contribution >= 4 is 28.5 Å². The summed E-state index contributed by atoms with van der Waals surface area (Å²) in [7, 11) is 0. The van der Waals surface area contributed by atoms with Gasteiger partial charge in [-0.15, -0.1) is 0 Å². The first kappa shape index (κ1) is 15.2. The first-order valence-electron chi connectivity index (χ1n) is 7.77. The fourth-order valence-electron chi connectivity index (χ4n) is 3.21. The Morgan fingerprint density at radius 2 is 2.09 bits per heavy atom. The van der Waals surface area contributed by atoms with Crippen LogP contribution in [0.15, 0.2) is 23.0 Å². The van der Waals surface area contributed by atoms with E-state index in [1.807, 2.05) is 22.5 Å². The second-order valence-electron chi connectivity index (χ2n) is 5.82. The summed E-state index contributed by atoms with van der Waals surface area (Å²) in [5, 5.41) is 0.612. The number of aromatic amines is 1. The second-order valence-corrected chi connectivity index (χ2v) is 6.26. The maximum absolute atomic E-state index is 12.3. The van der Waals surface area contributed by atoms with Gasteiger partial charge in [-0.2, -0.15) is 0 Å². The predicted molar refractivity (Wildman–Crippen MR) is 87.3 cm³/mol. The summed E-state index contributed by atoms with van der Waals surface area (Å²) in [6.07, 6.45) is 3.10. The molecule has 2 aromatic rings. The Bertz CT molecular complexity index is 741. The third kappa shape index (κ3) is 2.77. The first-order chi connectivity index (χ1) is 10.6. The zero-order chi connectivity index (χ0) is 15.7. The lowest BCUT2D eigenvalue weighted by Gasteiger charge is -2.32. The standard InChI is InChI=1S/C16H20ClN3O2/c1-2-3-15(21)19-8-6-12(7-9-19)20-14-5-4-11(17)10-13(14)18-16(20)22/h4-5,10,12H,2-3,6-9H2,1H3,(H,18,22). The molecule has 0 radical (unpaired) electrons. The Balaban J connectivity index is 1.81. The lowest BCUT2D eigenvalue weighted by atomic mass is 10.0. The maximum atomic E-state index is 12.3. The van der Waals surface area contributed by atoms with E-state index in [0.29, 0.717) is 11.4 Å². The molecule has 0 saturated carbocycles. The average molecular weight is 322 g/mol. The van der Waals surface area contributed by atoms with Crippen LogP contribution in [-0.2, 0) is 4.79 Å². The highest BCUT2D eigenvalue weighted by Crippen LogP contribution is 2.26. The van der Waals surface area contributed by atoms with Crippen LogP contribution in [-0.4, -0.2) is 33.4 Å². The number of carbonyl (C=O) groups is 1. The largest absolute Gasteiger partial charge is 0.343 e. The fourth-order valence-corrected chi connectivity index (χ4v) is 3.38. The number of hydrogen-bond acceptors (Lipinski definition) is 2. The molecular formula is C16H20ClN3O2. The van der Waals surface area contributed by atoms with Crippen molar-refractivity contribution in [1.29, 1.82) is 0 Å². The van der Waals surface area contributed by atoms with Crippen molar-refractivity contribution in [3.63, 3.8) is 0 Å². The fraction of sp³-hybridized carbons (Fsp3) is 0.500. The van der Waals surface area contributed by atoms with E-state index in [1.54, 1.807) is 12.1 Å². The Morgan fingerprint density at radius 3 is 2.77 bits per heavy atom. The highest BCUT2D eigenvalue weighted by atomic mass is 35.5. The molecule has 1 aromatic heterocycles. The van der Waals surface area contributed by atoms with Crippen LogP contribution in [0.1, 0.15) is 38.6 Å². The van der Waals surface area contributed by atoms with Gasteiger partial charge in [0.15, 0.2) is 0 Å². The number of likely N-dealkylation sites (tertiary alicyclic amines) is 1. The molecule has 1 aliphatic rings. The monoisotopic (exact) mass is 321 g/mol. The SMILES string of the molecule is CCCC(=O)N1CCC(n2c(=O)[nH]c3cc(Cl)ccc32)CC1. The molecule has 5 nitrogen and oxygen atoms in total. The summed E-state index contributed by atoms with van der Waals surface area (Å²) in [5.41, 5.74) is 1.55. The molecule has 22 heavy (non-hydrogen) atoms. The molecule has 118 valence electrons. The molecule has 1 fully saturated rings. The molecule has 0 aliphatic carbocycles. The van der Waals surface area contributed by atoms with Crippen LogP contribution in [0.2, 0.25) is 5.02 Å². The van der Waals surface area contributed by atoms with E-state index in [2.05, 4.69) is 4.98 Å². The molecule has 1 N–H and O–H groups in total. The Kier molecular flexibility index (Phi) is 4.25. The number of piperidine rings is 1. The van der Waals surface area contributed by atoms with E-state index in [1.165, 1.54) is 0 Å². The van der Waals surface area contributed by atoms with E-state index in [9.17, 15) is 9.59 Å². The number of benzene rings is 1. The molecule has 0 atom stereocenters. The molecular weight excluding hydrogens is 302 g/mol. The number of nitrogens with zero attached hydrogens (tertiary/aromatic N) is 2. The van der Waals surface area contributed by atoms with Crippen LogP contribution in [0.3, 0.4) is 0 Å². The summed E-state index contributed by atoms with van der Waals surface area (Å²) in [6, 6.07) is 5.58. The van der Waals surface area contributed by atoms with Gasteiger partial charge in [-0.05, 0) is 37.5 Å². The number of halogens is 1. The van der Waals surface area contributed by atoms with Crippen LogP contribution < -0.4 is 5.69 Å². The van der Waals surface area contributed by atoms with E-state index in [4.69, 9.17) is 11.6 Å². The van der Waals surface area contributed by atoms with Gasteiger partial charge in [0.25, 0.3) is 0 Å². The molecule has 2 heterocycles. The minimum atomic E-state index is -0.101. The number of aromatic nitrogens is 2. The highest BCUT2D eigenvalue weighted by Gasteiger charge is 2.25. The summed E-state index contributed by atoms with van der Waals surface area (Å²) in [5.74, 6) is 0.221. The molecule has 1 saturated heterocycles. The molecule has 3 rings (SSSR count). The van der Waals surface area contributed by atoms with Gasteiger partial charge in [-0.3, -0.25) is 9.36 Å². The summed E-state index contributed by atoms with van der Waals surface area (Å²) >= 11 is 5.97. The summed E-state index contributed by atoms with van der Waals surface area (Å²) < 4.78 is 1.81. The van der Waals surface area contributed by atoms with Gasteiger partial charge in [0.05, 0.1) is 11.0 Å². The van der Waals surface area contributed by atoms with Crippen molar-refractivity contribution in [3.05, 3.63) is 33.7 Å². The highest BCUT2D eigenvalue weighted by molar-refractivity contribution is 6.31. The van der Waals surface area contributed by atoms with Crippen molar-refractivity contribution in [2.45, 2.75) is 38.6 Å². The number of rotatable bonds is 3. The summed E-state index contributed by atoms with van der Waals surface area (Å²) in [6.45, 7) is 3.45. The number of carbonyl (C=O) groups excluding carboxylic acids is 1. The number of amides is 1. The van der Waals surface area contributed by atoms with E-state index in [0.717, 1.165) is 43.4 Å². The zero-order valence-corrected chi connectivity index (χ0v) is 13.4. The predicted octanol–water partition coefficient (Wildman–Crippen LogP) is 2.95. The quantitative estimate of drug-likeness (QED) is 0.945. The van der Waals surface area contributed by atoms with Crippen LogP contribution in [0, 0.1) is 0 Å². The Morgan fingerprint density at radius 1 is 1.36 bits per heavy atom. The van der Waals surface area contributed by atoms with Gasteiger partial charge in [0, 0.05) is 30.6 Å². The van der Waals surface area contributed by atoms with Gasteiger partial charge in [0.1, 0.15) is 0 Å². The van der Waals surface area contributed by atoms with Crippen molar-refractivity contribution in [2.24, 2.45) is 0 Å². The normalized spacial score (nSPS) is 16.4. The molecule has 1 aromatic carbocycles. The third-order valence-corrected chi connectivity index (χ3v) is 4.56. The number of hydrogen-bond donors (Lipinski definition) is 1. The van der Waals surface area contributed by atoms with Crippen LogP contribution in [0.4, 0.5) is 0 Å². The number of nitrogens with one attached hydrogen (secondary N) is 1. The van der Waals surface area contributed by atoms with E-state index in [-0.39, 0.29) is 17.6 Å². The first-order valence-corrected chi connectivity index (χ1v) is 8.15. The van der Waals surface area contributed by atoms with E-state index < -0.39 is 0 Å². The van der Waals surface area contributed by atoms with Gasteiger partial charge < -0.3 is 9.88 Å². The van der Waals surface area contributed by atoms with Crippen LogP contribution >= 0.6 is 11.6 Å². The topological polar surface area (TPSA) is 58.1 Å². The van der Waals surface area contributed by atoms with Crippen molar-refractivity contribution in [3.8, 4) is 0 Å². The number of H-pyrrole nitrogens is 1. The molecule has 1 aliphatic heterocycles. The molecule has 0 spiro atoms. The smallest absolute Gasteiger partial charge is 0.326 e. The maximum Gasteiger partial charge on any atom is 0.326 e. The zero-order valence-electron chi connectivity index (χ0n) is 12.6. The van der Waals surface area contributed by atoms with Crippen LogP contribution in [0.25, 0.3) is 11.0 Å². The number of fused-ring (bicyclic) bond motifs is 1. The third-order valence-electron chi connectivity index (χ3n) is 4.32. The Labute approximate surface area is 133 Å². The minimum absolute atomic E-state index is 0.101. The van der Waals surface area contributed by atoms with Gasteiger partial charge in [0.2, 0.25) is 5.91 Å². The second kappa shape index (κ2) is 6.16. The Hall–Kier alpha value is -1.75. The minimum Gasteiger partial charge on any atom is -0.343 e. The van der Waals surface area contributed by atoms with Crippen molar-refractivity contribution < 1.29 is 4.79 Å². The lowest BCUT2D eigenvalue weighted by Crippen LogP contribution is -2.40. The molecule has 1 amide bonds. The van der Waals surface area contributed by atoms with Crippen LogP contribution in [0.5, 0.6) is 0 Å². The molecule has 0 unspecified atom stereocenters. The van der Waals surface area contributed by atoms with Crippen molar-refractivity contribution in [1.82, 2.24) is 14.5 Å². The average Bonchev–Trinajstić information content (AvgIpc) is 2.82. The molecule has 6 heteroatoms. The van der Waals surface area contributed by atoms with Crippen molar-refractivity contribution in [2.75, 3.05) is 13.1 Å². The van der Waals surface area contributed by atoms with Gasteiger partial charge in [-0.1, -0.05) is 18.5 Å². The van der Waals surface area contributed by atoms with E-state index >= 15 is 0 Å². The summed E-state index contributed by atoms with van der Waals surface area (Å²) in [4.78, 5) is 29.0.